The maximum Gasteiger partial charge on any atom is 0.276 e. The third kappa shape index (κ3) is 4.41. The quantitative estimate of drug-likeness (QED) is 0.342. The summed E-state index contributed by atoms with van der Waals surface area (Å²) in [6.45, 7) is 5.71. The fourth-order valence-corrected chi connectivity index (χ4v) is 5.39. The van der Waals surface area contributed by atoms with Crippen LogP contribution in [0.4, 0.5) is 10.1 Å². The molecule has 39 heavy (non-hydrogen) atoms. The number of hydrogen-bond acceptors (Lipinski definition) is 8. The molecule has 1 spiro atoms. The van der Waals surface area contributed by atoms with E-state index in [1.54, 1.807) is 31.3 Å². The van der Waals surface area contributed by atoms with Crippen molar-refractivity contribution in [3.8, 4) is 17.0 Å². The first-order valence-electron chi connectivity index (χ1n) is 12.6. The Hall–Kier alpha value is -4.61. The summed E-state index contributed by atoms with van der Waals surface area (Å²) in [5.74, 6) is -1.59. The molecule has 2 atom stereocenters. The second-order valence-electron chi connectivity index (χ2n) is 10.2. The van der Waals surface area contributed by atoms with Crippen molar-refractivity contribution in [2.45, 2.75) is 45.6 Å². The number of amides is 2. The molecule has 1 aliphatic heterocycles. The molecule has 1 saturated carbocycles. The predicted molar refractivity (Wildman–Crippen MR) is 137 cm³/mol. The molecule has 12 heteroatoms. The summed E-state index contributed by atoms with van der Waals surface area (Å²) in [5, 5.41) is 20.3. The molecule has 2 amide bonds. The highest BCUT2D eigenvalue weighted by atomic mass is 19.1. The summed E-state index contributed by atoms with van der Waals surface area (Å²) in [6, 6.07) is 6.78. The Kier molecular flexibility index (Phi) is 5.89. The number of aromatic amines is 1. The average Bonchev–Trinajstić information content (AvgIpc) is 3.42. The largest absolute Gasteiger partial charge is 0.493 e. The topological polar surface area (TPSA) is 148 Å². The van der Waals surface area contributed by atoms with E-state index in [0.717, 1.165) is 29.8 Å². The van der Waals surface area contributed by atoms with Crippen LogP contribution in [0.3, 0.4) is 0 Å². The summed E-state index contributed by atoms with van der Waals surface area (Å²) < 4.78 is 24.6. The molecule has 3 aromatic heterocycles. The minimum absolute atomic E-state index is 0.0130. The lowest BCUT2D eigenvalue weighted by Crippen LogP contribution is -2.52. The zero-order valence-electron chi connectivity index (χ0n) is 21.5. The van der Waals surface area contributed by atoms with E-state index in [1.807, 2.05) is 13.8 Å². The number of halogens is 1. The van der Waals surface area contributed by atoms with Gasteiger partial charge in [-0.3, -0.25) is 19.7 Å². The van der Waals surface area contributed by atoms with Gasteiger partial charge in [0, 0.05) is 34.2 Å². The number of carbonyl (C=O) groups excluding carboxylic acids is 2. The van der Waals surface area contributed by atoms with Crippen LogP contribution in [0.2, 0.25) is 0 Å². The molecule has 1 unspecified atom stereocenters. The number of hydrogen-bond donors (Lipinski definition) is 3. The molecule has 4 aromatic rings. The maximum absolute atomic E-state index is 14.0. The van der Waals surface area contributed by atoms with Gasteiger partial charge in [-0.1, -0.05) is 11.2 Å². The van der Waals surface area contributed by atoms with Gasteiger partial charge in [0.1, 0.15) is 23.3 Å². The summed E-state index contributed by atoms with van der Waals surface area (Å²) in [7, 11) is 0. The van der Waals surface area contributed by atoms with Crippen LogP contribution in [-0.2, 0) is 4.79 Å². The minimum atomic E-state index is -1.03. The van der Waals surface area contributed by atoms with E-state index in [0.29, 0.717) is 35.0 Å². The third-order valence-electron chi connectivity index (χ3n) is 7.56. The Labute approximate surface area is 222 Å². The first-order chi connectivity index (χ1) is 18.8. The van der Waals surface area contributed by atoms with Crippen molar-refractivity contribution in [3.63, 3.8) is 0 Å². The number of anilines is 1. The van der Waals surface area contributed by atoms with Gasteiger partial charge in [0.25, 0.3) is 5.91 Å². The van der Waals surface area contributed by atoms with Crippen molar-refractivity contribution in [1.29, 1.82) is 0 Å². The van der Waals surface area contributed by atoms with Gasteiger partial charge in [-0.2, -0.15) is 5.10 Å². The summed E-state index contributed by atoms with van der Waals surface area (Å²) >= 11 is 0. The van der Waals surface area contributed by atoms with Gasteiger partial charge in [0.15, 0.2) is 5.69 Å². The molecule has 0 radical (unpaired) electrons. The number of benzene rings is 1. The predicted octanol–water partition coefficient (Wildman–Crippen LogP) is 3.61. The number of rotatable bonds is 6. The molecular formula is C27H26FN7O4. The Bertz CT molecular complexity index is 1560. The lowest BCUT2D eigenvalue weighted by Gasteiger charge is -2.38. The van der Waals surface area contributed by atoms with E-state index in [1.165, 1.54) is 12.1 Å². The number of nitrogens with zero attached hydrogens (tertiary/aromatic N) is 4. The van der Waals surface area contributed by atoms with Gasteiger partial charge in [-0.25, -0.2) is 9.02 Å². The standard InChI is InChI=1S/C27H26FN7O4/c1-13-21(14(2)33-32-13)19-7-5-17(11-29-19)30-26(37)24(31-25(36)23-15(3)34-39-35-23)22-18-6-4-16(28)10-20(18)38-12-27(22)8-9-27/h4-7,10-11,22,24H,8-9,12H2,1-3H3,(H,30,37)(H,31,36)(H,32,33)/t22?,24-/m0/s1. The molecule has 3 N–H and O–H groups in total. The molecule has 1 aliphatic carbocycles. The zero-order valence-corrected chi connectivity index (χ0v) is 21.5. The Morgan fingerprint density at radius 1 is 1.13 bits per heavy atom. The Morgan fingerprint density at radius 3 is 2.59 bits per heavy atom. The molecule has 0 bridgehead atoms. The molecule has 6 rings (SSSR count). The van der Waals surface area contributed by atoms with Crippen LogP contribution in [0, 0.1) is 32.0 Å². The first kappa shape index (κ1) is 24.7. The number of aryl methyl sites for hydroxylation is 3. The van der Waals surface area contributed by atoms with Gasteiger partial charge in [0.2, 0.25) is 5.91 Å². The Morgan fingerprint density at radius 2 is 1.95 bits per heavy atom. The van der Waals surface area contributed by atoms with Crippen LogP contribution in [0.5, 0.6) is 5.75 Å². The van der Waals surface area contributed by atoms with Gasteiger partial charge >= 0.3 is 0 Å². The molecule has 2 aliphatic rings. The fourth-order valence-electron chi connectivity index (χ4n) is 5.39. The average molecular weight is 532 g/mol. The summed E-state index contributed by atoms with van der Waals surface area (Å²) in [4.78, 5) is 31.6. The van der Waals surface area contributed by atoms with E-state index in [9.17, 15) is 14.0 Å². The van der Waals surface area contributed by atoms with E-state index in [-0.39, 0.29) is 11.1 Å². The normalized spacial score (nSPS) is 17.7. The second kappa shape index (κ2) is 9.29. The van der Waals surface area contributed by atoms with Gasteiger partial charge in [0.05, 0.1) is 29.9 Å². The van der Waals surface area contributed by atoms with E-state index in [2.05, 4.69) is 36.1 Å². The fraction of sp³-hybridized carbons (Fsp3) is 0.333. The van der Waals surface area contributed by atoms with Crippen LogP contribution in [0.25, 0.3) is 11.3 Å². The zero-order chi connectivity index (χ0) is 27.3. The maximum atomic E-state index is 14.0. The van der Waals surface area contributed by atoms with E-state index < -0.39 is 29.6 Å². The first-order valence-corrected chi connectivity index (χ1v) is 12.6. The number of ether oxygens (including phenoxy) is 1. The molecule has 1 aromatic carbocycles. The van der Waals surface area contributed by atoms with Crippen molar-refractivity contribution in [1.82, 2.24) is 30.8 Å². The van der Waals surface area contributed by atoms with Crippen molar-refractivity contribution in [2.24, 2.45) is 5.41 Å². The smallest absolute Gasteiger partial charge is 0.276 e. The monoisotopic (exact) mass is 531 g/mol. The highest BCUT2D eigenvalue weighted by Gasteiger charge is 2.58. The molecule has 0 saturated heterocycles. The number of H-pyrrole nitrogens is 1. The van der Waals surface area contributed by atoms with Crippen molar-refractivity contribution in [2.75, 3.05) is 11.9 Å². The molecule has 4 heterocycles. The van der Waals surface area contributed by atoms with Gasteiger partial charge in [-0.05, 0) is 57.0 Å². The van der Waals surface area contributed by atoms with Crippen LogP contribution in [0.15, 0.2) is 41.2 Å². The number of aromatic nitrogens is 5. The van der Waals surface area contributed by atoms with E-state index >= 15 is 0 Å². The third-order valence-corrected chi connectivity index (χ3v) is 7.56. The summed E-state index contributed by atoms with van der Waals surface area (Å²) in [5.41, 5.74) is 4.36. The van der Waals surface area contributed by atoms with Crippen molar-refractivity contribution < 1.29 is 23.3 Å². The molecule has 200 valence electrons. The highest BCUT2D eigenvalue weighted by Crippen LogP contribution is 2.61. The van der Waals surface area contributed by atoms with Crippen LogP contribution < -0.4 is 15.4 Å². The second-order valence-corrected chi connectivity index (χ2v) is 10.2. The number of nitrogens with one attached hydrogen (secondary N) is 3. The summed E-state index contributed by atoms with van der Waals surface area (Å²) in [6.07, 6.45) is 3.17. The number of pyridine rings is 1. The number of carbonyl (C=O) groups is 2. The minimum Gasteiger partial charge on any atom is -0.493 e. The number of fused-ring (bicyclic) bond motifs is 1. The van der Waals surface area contributed by atoms with E-state index in [4.69, 9.17) is 9.37 Å². The SMILES string of the molecule is Cc1nonc1C(=O)N[C@H](C(=O)Nc1ccc(-c2c(C)n[nH]c2C)nc1)C1c2ccc(F)cc2OCC12CC2. The van der Waals surface area contributed by atoms with Crippen LogP contribution in [-0.4, -0.2) is 50.0 Å². The van der Waals surface area contributed by atoms with Crippen molar-refractivity contribution >= 4 is 17.5 Å². The van der Waals surface area contributed by atoms with Gasteiger partial charge < -0.3 is 15.4 Å². The van der Waals surface area contributed by atoms with Crippen LogP contribution in [0.1, 0.15) is 51.9 Å². The lowest BCUT2D eigenvalue weighted by atomic mass is 9.76. The Balaban J connectivity index is 1.33. The van der Waals surface area contributed by atoms with Gasteiger partial charge in [-0.15, -0.1) is 0 Å². The molecule has 1 fully saturated rings. The lowest BCUT2D eigenvalue weighted by molar-refractivity contribution is -0.119. The molecule has 11 nitrogen and oxygen atoms in total. The van der Waals surface area contributed by atoms with Crippen LogP contribution >= 0.6 is 0 Å². The van der Waals surface area contributed by atoms with Crippen molar-refractivity contribution in [3.05, 3.63) is 70.7 Å². The molecular weight excluding hydrogens is 505 g/mol. The highest BCUT2D eigenvalue weighted by molar-refractivity contribution is 6.01.